The summed E-state index contributed by atoms with van der Waals surface area (Å²) >= 11 is 0. The second-order valence-corrected chi connectivity index (χ2v) is 7.68. The number of anilines is 2. The smallest absolute Gasteiger partial charge is 0.416 e. The summed E-state index contributed by atoms with van der Waals surface area (Å²) in [7, 11) is 1.61. The predicted molar refractivity (Wildman–Crippen MR) is 107 cm³/mol. The van der Waals surface area contributed by atoms with Crippen LogP contribution in [-0.2, 0) is 15.8 Å². The number of amides is 1. The summed E-state index contributed by atoms with van der Waals surface area (Å²) in [6.45, 7) is 0. The number of benzene rings is 2. The molecule has 0 spiro atoms. The quantitative estimate of drug-likeness (QED) is 0.537. The number of hydrogen-bond acceptors (Lipinski definition) is 3. The Bertz CT molecular complexity index is 1030. The Hall–Kier alpha value is -3.17. The molecule has 1 aliphatic rings. The standard InChI is InChI=1S/C22H21F5N2O3/c1-28-12-6-7-13(16(23)10-12)14-3-2-4-15(19(14)21(31)32)20(30)29-18-8-5-11(9-17(18)24)22(25,26)27/h5-10,14-15,19,28H,2-4H2,1H3,(H,29,30)(H,31,32)/t14-,15-,19-/m1/s1. The van der Waals surface area contributed by atoms with E-state index in [0.717, 1.165) is 6.07 Å². The van der Waals surface area contributed by atoms with Crippen molar-refractivity contribution in [1.29, 1.82) is 0 Å². The zero-order valence-electron chi connectivity index (χ0n) is 17.0. The van der Waals surface area contributed by atoms with Crippen molar-refractivity contribution in [3.05, 3.63) is 59.2 Å². The van der Waals surface area contributed by atoms with Gasteiger partial charge in [0.05, 0.1) is 23.1 Å². The number of hydrogen-bond donors (Lipinski definition) is 3. The fourth-order valence-corrected chi connectivity index (χ4v) is 4.19. The molecule has 1 fully saturated rings. The van der Waals surface area contributed by atoms with Crippen LogP contribution in [0.5, 0.6) is 0 Å². The van der Waals surface area contributed by atoms with E-state index in [1.807, 2.05) is 0 Å². The van der Waals surface area contributed by atoms with E-state index in [1.165, 1.54) is 12.1 Å². The lowest BCUT2D eigenvalue weighted by molar-refractivity contribution is -0.148. The summed E-state index contributed by atoms with van der Waals surface area (Å²) in [5.74, 6) is -7.23. The SMILES string of the molecule is CNc1ccc([C@H]2CCC[C@@H](C(=O)Nc3ccc(C(F)(F)F)cc3F)[C@@H]2C(=O)O)c(F)c1. The lowest BCUT2D eigenvalue weighted by atomic mass is 9.69. The van der Waals surface area contributed by atoms with Gasteiger partial charge in [-0.3, -0.25) is 9.59 Å². The highest BCUT2D eigenvalue weighted by molar-refractivity contribution is 5.95. The molecule has 32 heavy (non-hydrogen) atoms. The lowest BCUT2D eigenvalue weighted by Crippen LogP contribution is -2.40. The van der Waals surface area contributed by atoms with Crippen LogP contribution in [0.15, 0.2) is 36.4 Å². The third-order valence-electron chi connectivity index (χ3n) is 5.76. The summed E-state index contributed by atoms with van der Waals surface area (Å²) in [4.78, 5) is 24.9. The Labute approximate surface area is 180 Å². The van der Waals surface area contributed by atoms with E-state index >= 15 is 0 Å². The molecule has 0 heterocycles. The molecule has 1 aliphatic carbocycles. The highest BCUT2D eigenvalue weighted by atomic mass is 19.4. The van der Waals surface area contributed by atoms with Crippen LogP contribution >= 0.6 is 0 Å². The summed E-state index contributed by atoms with van der Waals surface area (Å²) < 4.78 is 67.0. The molecule has 0 radical (unpaired) electrons. The molecule has 5 nitrogen and oxygen atoms in total. The van der Waals surface area contributed by atoms with Crippen LogP contribution in [0.25, 0.3) is 0 Å². The van der Waals surface area contributed by atoms with Crippen molar-refractivity contribution in [2.45, 2.75) is 31.4 Å². The molecule has 3 atom stereocenters. The summed E-state index contributed by atoms with van der Waals surface area (Å²) in [6.07, 6.45) is -3.82. The molecule has 172 valence electrons. The van der Waals surface area contributed by atoms with Crippen molar-refractivity contribution in [3.8, 4) is 0 Å². The normalized spacial score (nSPS) is 21.1. The van der Waals surface area contributed by atoms with Crippen LogP contribution in [0.1, 0.15) is 36.3 Å². The molecule has 10 heteroatoms. The minimum atomic E-state index is -4.75. The first-order valence-electron chi connectivity index (χ1n) is 9.90. The molecular weight excluding hydrogens is 435 g/mol. The van der Waals surface area contributed by atoms with Crippen LogP contribution in [0, 0.1) is 23.5 Å². The van der Waals surface area contributed by atoms with Gasteiger partial charge in [0.15, 0.2) is 0 Å². The second-order valence-electron chi connectivity index (χ2n) is 7.68. The number of nitrogens with one attached hydrogen (secondary N) is 2. The fraction of sp³-hybridized carbons (Fsp3) is 0.364. The van der Waals surface area contributed by atoms with Gasteiger partial charge in [0.25, 0.3) is 0 Å². The number of carbonyl (C=O) groups excluding carboxylic acids is 1. The van der Waals surface area contributed by atoms with Crippen molar-refractivity contribution in [2.24, 2.45) is 11.8 Å². The molecule has 0 saturated heterocycles. The molecular formula is C22H21F5N2O3. The Morgan fingerprint density at radius 3 is 2.31 bits per heavy atom. The summed E-state index contributed by atoms with van der Waals surface area (Å²) in [5.41, 5.74) is -1.04. The number of rotatable bonds is 5. The summed E-state index contributed by atoms with van der Waals surface area (Å²) in [6, 6.07) is 5.95. The Morgan fingerprint density at radius 2 is 1.75 bits per heavy atom. The van der Waals surface area contributed by atoms with E-state index in [4.69, 9.17) is 0 Å². The van der Waals surface area contributed by atoms with Crippen LogP contribution in [0.3, 0.4) is 0 Å². The highest BCUT2D eigenvalue weighted by Crippen LogP contribution is 2.43. The molecule has 3 rings (SSSR count). The fourth-order valence-electron chi connectivity index (χ4n) is 4.19. The van der Waals surface area contributed by atoms with Gasteiger partial charge in [0.2, 0.25) is 5.91 Å². The van der Waals surface area contributed by atoms with Crippen LogP contribution < -0.4 is 10.6 Å². The van der Waals surface area contributed by atoms with E-state index in [-0.39, 0.29) is 18.1 Å². The topological polar surface area (TPSA) is 78.4 Å². The minimum absolute atomic E-state index is 0.162. The third kappa shape index (κ3) is 4.84. The van der Waals surface area contributed by atoms with Gasteiger partial charge in [-0.25, -0.2) is 8.78 Å². The molecule has 1 saturated carbocycles. The lowest BCUT2D eigenvalue weighted by Gasteiger charge is -2.35. The number of carboxylic acid groups (broad SMARTS) is 1. The maximum atomic E-state index is 14.6. The van der Waals surface area contributed by atoms with Gasteiger partial charge < -0.3 is 15.7 Å². The van der Waals surface area contributed by atoms with Crippen LogP contribution in [-0.4, -0.2) is 24.0 Å². The first-order valence-corrected chi connectivity index (χ1v) is 9.90. The Morgan fingerprint density at radius 1 is 1.03 bits per heavy atom. The van der Waals surface area contributed by atoms with Crippen molar-refractivity contribution in [2.75, 3.05) is 17.7 Å². The number of carboxylic acids is 1. The predicted octanol–water partition coefficient (Wildman–Crippen LogP) is 5.25. The van der Waals surface area contributed by atoms with E-state index in [9.17, 15) is 36.6 Å². The molecule has 2 aromatic rings. The van der Waals surface area contributed by atoms with E-state index in [0.29, 0.717) is 24.6 Å². The van der Waals surface area contributed by atoms with E-state index < -0.39 is 58.7 Å². The monoisotopic (exact) mass is 456 g/mol. The largest absolute Gasteiger partial charge is 0.481 e. The van der Waals surface area contributed by atoms with Crippen molar-refractivity contribution >= 4 is 23.3 Å². The summed E-state index contributed by atoms with van der Waals surface area (Å²) in [5, 5.41) is 14.8. The zero-order valence-corrected chi connectivity index (χ0v) is 17.0. The van der Waals surface area contributed by atoms with Gasteiger partial charge >= 0.3 is 12.1 Å². The molecule has 0 aliphatic heterocycles. The Balaban J connectivity index is 1.86. The van der Waals surface area contributed by atoms with Crippen molar-refractivity contribution < 1.29 is 36.6 Å². The zero-order chi connectivity index (χ0) is 23.6. The second kappa shape index (κ2) is 9.13. The van der Waals surface area contributed by atoms with Gasteiger partial charge in [-0.2, -0.15) is 13.2 Å². The highest BCUT2D eigenvalue weighted by Gasteiger charge is 2.44. The van der Waals surface area contributed by atoms with Crippen molar-refractivity contribution in [1.82, 2.24) is 0 Å². The van der Waals surface area contributed by atoms with E-state index in [2.05, 4.69) is 10.6 Å². The van der Waals surface area contributed by atoms with Crippen LogP contribution in [0.2, 0.25) is 0 Å². The molecule has 1 amide bonds. The van der Waals surface area contributed by atoms with Crippen molar-refractivity contribution in [3.63, 3.8) is 0 Å². The molecule has 3 N–H and O–H groups in total. The van der Waals surface area contributed by atoms with Gasteiger partial charge in [-0.15, -0.1) is 0 Å². The first kappa shape index (κ1) is 23.5. The number of halogens is 5. The third-order valence-corrected chi connectivity index (χ3v) is 5.76. The van der Waals surface area contributed by atoms with E-state index in [1.54, 1.807) is 13.1 Å². The van der Waals surface area contributed by atoms with Gasteiger partial charge in [0.1, 0.15) is 11.6 Å². The average molecular weight is 456 g/mol. The van der Waals surface area contributed by atoms with Gasteiger partial charge in [-0.05, 0) is 48.7 Å². The maximum absolute atomic E-state index is 14.6. The Kier molecular flexibility index (Phi) is 6.71. The number of alkyl halides is 3. The first-order chi connectivity index (χ1) is 15.0. The van der Waals surface area contributed by atoms with Crippen LogP contribution in [0.4, 0.5) is 33.3 Å². The molecule has 0 bridgehead atoms. The number of aliphatic carboxylic acids is 1. The van der Waals surface area contributed by atoms with Gasteiger partial charge in [0, 0.05) is 18.7 Å². The molecule has 2 aromatic carbocycles. The molecule has 0 unspecified atom stereocenters. The maximum Gasteiger partial charge on any atom is 0.416 e. The minimum Gasteiger partial charge on any atom is -0.481 e. The average Bonchev–Trinajstić information content (AvgIpc) is 2.73. The molecule has 0 aromatic heterocycles. The number of carbonyl (C=O) groups is 2. The van der Waals surface area contributed by atoms with Gasteiger partial charge in [-0.1, -0.05) is 12.5 Å².